The lowest BCUT2D eigenvalue weighted by Gasteiger charge is -2.18. The van der Waals surface area contributed by atoms with Crippen molar-refractivity contribution < 1.29 is 13.3 Å². The molecule has 18 aromatic rings. The fourth-order valence-corrected chi connectivity index (χ4v) is 13.7. The Morgan fingerprint density at radius 3 is 0.772 bits per heavy atom. The van der Waals surface area contributed by atoms with E-state index in [0.29, 0.717) is 0 Å². The highest BCUT2D eigenvalue weighted by atomic mass is 16.3. The minimum Gasteiger partial charge on any atom is -0.456 e. The molecule has 18 rings (SSSR count). The first-order chi connectivity index (χ1) is 39.2. The normalized spacial score (nSPS) is 12.3. The fourth-order valence-electron chi connectivity index (χ4n) is 13.7. The van der Waals surface area contributed by atoms with Crippen molar-refractivity contribution in [3.8, 4) is 17.1 Å². The molecule has 6 nitrogen and oxygen atoms in total. The van der Waals surface area contributed by atoms with Crippen LogP contribution in [0.2, 0.25) is 0 Å². The van der Waals surface area contributed by atoms with Crippen molar-refractivity contribution in [2.75, 3.05) is 0 Å². The number of aromatic nitrogens is 3. The van der Waals surface area contributed by atoms with Gasteiger partial charge in [-0.3, -0.25) is 0 Å². The molecule has 0 saturated heterocycles. The van der Waals surface area contributed by atoms with Gasteiger partial charge in [-0.25, -0.2) is 0 Å². The van der Waals surface area contributed by atoms with Gasteiger partial charge in [0, 0.05) is 81.7 Å². The number of rotatable bonds is 6. The number of para-hydroxylation sites is 6. The second kappa shape index (κ2) is 16.0. The summed E-state index contributed by atoms with van der Waals surface area (Å²) in [6, 6.07) is 92.2. The summed E-state index contributed by atoms with van der Waals surface area (Å²) in [5.41, 5.74) is 19.2. The number of fused-ring (bicyclic) bond motifs is 21. The van der Waals surface area contributed by atoms with E-state index >= 15 is 0 Å². The van der Waals surface area contributed by atoms with Crippen LogP contribution in [0.1, 0.15) is 0 Å². The van der Waals surface area contributed by atoms with Gasteiger partial charge in [0.25, 0.3) is 0 Å². The summed E-state index contributed by atoms with van der Waals surface area (Å²) in [5, 5.41) is 14.1. The van der Waals surface area contributed by atoms with E-state index in [1.807, 2.05) is 18.2 Å². The molecule has 0 radical (unpaired) electrons. The van der Waals surface area contributed by atoms with E-state index in [1.165, 1.54) is 48.7 Å². The average Bonchev–Trinajstić information content (AvgIpc) is 4.30. The van der Waals surface area contributed by atoms with Crippen LogP contribution in [0.15, 0.2) is 268 Å². The Balaban J connectivity index is 0.804. The van der Waals surface area contributed by atoms with Gasteiger partial charge in [-0.2, -0.15) is 0 Å². The lowest BCUT2D eigenvalue weighted by molar-refractivity contribution is 0.669. The van der Waals surface area contributed by atoms with Crippen molar-refractivity contribution in [2.24, 2.45) is 0 Å². The van der Waals surface area contributed by atoms with Crippen LogP contribution in [-0.4, -0.2) is 20.4 Å². The standard InChI is InChI=1S/C72H42BN3O3/c1-7-19-55-49(13-1)67-58(37-40-64-70(67)52-16-4-10-22-61(52)77-64)74(55)46-31-25-43(26-32-46)73(44-27-33-47(34-28-44)75-56-20-8-2-14-50(56)68-59(75)38-41-65-71(68)53-17-5-11-23-62(53)78-65)45-29-35-48(36-30-45)76-57-21-9-3-15-51(57)69-60(76)39-42-66-72(69)54-18-6-12-24-63(54)79-66/h1-42H. The number of benzene rings is 12. The van der Waals surface area contributed by atoms with Crippen molar-refractivity contribution in [1.29, 1.82) is 0 Å². The van der Waals surface area contributed by atoms with Crippen molar-refractivity contribution >= 4 is 154 Å². The maximum atomic E-state index is 6.42. The highest BCUT2D eigenvalue weighted by Crippen LogP contribution is 2.44. The van der Waals surface area contributed by atoms with Gasteiger partial charge in [0.1, 0.15) is 33.5 Å². The van der Waals surface area contributed by atoms with E-state index in [2.05, 4.69) is 250 Å². The third-order valence-electron chi connectivity index (χ3n) is 17.0. The Labute approximate surface area is 450 Å². The van der Waals surface area contributed by atoms with Crippen LogP contribution in [0.3, 0.4) is 0 Å². The van der Waals surface area contributed by atoms with Crippen LogP contribution >= 0.6 is 0 Å². The summed E-state index contributed by atoms with van der Waals surface area (Å²) in [5.74, 6) is 0. The fraction of sp³-hybridized carbons (Fsp3) is 0. The van der Waals surface area contributed by atoms with Gasteiger partial charge in [0.05, 0.1) is 33.1 Å². The number of hydrogen-bond donors (Lipinski definition) is 0. The number of nitrogens with zero attached hydrogens (tertiary/aromatic N) is 3. The molecule has 6 aromatic heterocycles. The molecule has 0 unspecified atom stereocenters. The van der Waals surface area contributed by atoms with Gasteiger partial charge in [0.15, 0.2) is 0 Å². The minimum absolute atomic E-state index is 0.0858. The first kappa shape index (κ1) is 42.7. The number of furan rings is 3. The first-order valence-electron chi connectivity index (χ1n) is 27.0. The van der Waals surface area contributed by atoms with E-state index in [1.54, 1.807) is 0 Å². The molecule has 6 heterocycles. The predicted octanol–water partition coefficient (Wildman–Crippen LogP) is 17.2. The zero-order chi connectivity index (χ0) is 51.4. The second-order valence-corrected chi connectivity index (χ2v) is 21.1. The molecule has 0 atom stereocenters. The van der Waals surface area contributed by atoms with E-state index < -0.39 is 0 Å². The molecule has 0 fully saturated rings. The van der Waals surface area contributed by atoms with Crippen LogP contribution in [0.4, 0.5) is 0 Å². The Kier molecular flexibility index (Phi) is 8.66. The van der Waals surface area contributed by atoms with Crippen molar-refractivity contribution in [1.82, 2.24) is 13.7 Å². The van der Waals surface area contributed by atoms with Gasteiger partial charge in [-0.1, -0.05) is 162 Å². The minimum atomic E-state index is -0.0858. The molecule has 0 aliphatic carbocycles. The summed E-state index contributed by atoms with van der Waals surface area (Å²) in [7, 11) is 0. The molecule has 0 bridgehead atoms. The zero-order valence-electron chi connectivity index (χ0n) is 42.4. The Bertz CT molecular complexity index is 5000. The Hall–Kier alpha value is -10.5. The molecule has 0 spiro atoms. The molecule has 0 saturated carbocycles. The smallest absolute Gasteiger partial charge is 0.241 e. The molecule has 12 aromatic carbocycles. The van der Waals surface area contributed by atoms with Gasteiger partial charge in [0.2, 0.25) is 6.71 Å². The largest absolute Gasteiger partial charge is 0.456 e. The third kappa shape index (κ3) is 5.96. The number of hydrogen-bond acceptors (Lipinski definition) is 3. The van der Waals surface area contributed by atoms with Crippen molar-refractivity contribution in [3.05, 3.63) is 255 Å². The highest BCUT2D eigenvalue weighted by molar-refractivity contribution is 6.95. The molecular formula is C72H42BN3O3. The molecule has 7 heteroatoms. The third-order valence-corrected chi connectivity index (χ3v) is 17.0. The van der Waals surface area contributed by atoms with E-state index in [0.717, 1.165) is 116 Å². The summed E-state index contributed by atoms with van der Waals surface area (Å²) < 4.78 is 26.5. The maximum absolute atomic E-state index is 6.42. The summed E-state index contributed by atoms with van der Waals surface area (Å²) in [6.07, 6.45) is 0. The highest BCUT2D eigenvalue weighted by Gasteiger charge is 2.26. The van der Waals surface area contributed by atoms with Crippen LogP contribution < -0.4 is 16.4 Å². The predicted molar refractivity (Wildman–Crippen MR) is 329 cm³/mol. The summed E-state index contributed by atoms with van der Waals surface area (Å²) in [6.45, 7) is -0.0858. The van der Waals surface area contributed by atoms with Crippen LogP contribution in [0.5, 0.6) is 0 Å². The summed E-state index contributed by atoms with van der Waals surface area (Å²) in [4.78, 5) is 0. The Morgan fingerprint density at radius 1 is 0.203 bits per heavy atom. The molecule has 0 N–H and O–H groups in total. The maximum Gasteiger partial charge on any atom is 0.241 e. The second-order valence-electron chi connectivity index (χ2n) is 21.1. The van der Waals surface area contributed by atoms with Gasteiger partial charge < -0.3 is 27.0 Å². The zero-order valence-corrected chi connectivity index (χ0v) is 42.4. The molecule has 0 aliphatic heterocycles. The van der Waals surface area contributed by atoms with Gasteiger partial charge in [-0.05, 0) is 109 Å². The van der Waals surface area contributed by atoms with Crippen LogP contribution in [-0.2, 0) is 0 Å². The SMILES string of the molecule is c1ccc2c(c1)oc1ccc3c(c4ccccc4n3-c3ccc(B(c4ccc(-n5c6ccccc6c6c7c(ccc65)oc5ccccc57)cc4)c4ccc(-n5c6ccccc6c6c7c(ccc65)oc5ccccc57)cc4)cc3)c12. The lowest BCUT2D eigenvalue weighted by atomic mass is 9.37. The van der Waals surface area contributed by atoms with Gasteiger partial charge >= 0.3 is 0 Å². The Morgan fingerprint density at radius 2 is 0.468 bits per heavy atom. The topological polar surface area (TPSA) is 54.2 Å². The summed E-state index contributed by atoms with van der Waals surface area (Å²) >= 11 is 0. The molecule has 366 valence electrons. The molecule has 79 heavy (non-hydrogen) atoms. The van der Waals surface area contributed by atoms with E-state index in [-0.39, 0.29) is 6.71 Å². The van der Waals surface area contributed by atoms with Crippen molar-refractivity contribution in [3.63, 3.8) is 0 Å². The monoisotopic (exact) mass is 1010 g/mol. The lowest BCUT2D eigenvalue weighted by Crippen LogP contribution is -2.52. The average molecular weight is 1010 g/mol. The van der Waals surface area contributed by atoms with Crippen LogP contribution in [0, 0.1) is 0 Å². The van der Waals surface area contributed by atoms with Crippen LogP contribution in [0.25, 0.3) is 148 Å². The molecule has 0 aliphatic rings. The first-order valence-corrected chi connectivity index (χ1v) is 27.0. The van der Waals surface area contributed by atoms with Gasteiger partial charge in [-0.15, -0.1) is 0 Å². The quantitative estimate of drug-likeness (QED) is 0.156. The molecule has 0 amide bonds. The molecular weight excluding hydrogens is 966 g/mol. The van der Waals surface area contributed by atoms with E-state index in [4.69, 9.17) is 13.3 Å². The van der Waals surface area contributed by atoms with E-state index in [9.17, 15) is 0 Å². The van der Waals surface area contributed by atoms with Crippen molar-refractivity contribution in [2.45, 2.75) is 0 Å².